The summed E-state index contributed by atoms with van der Waals surface area (Å²) in [6, 6.07) is 10.2. The monoisotopic (exact) mass is 273 g/mol. The van der Waals surface area contributed by atoms with E-state index in [1.165, 1.54) is 36.8 Å². The van der Waals surface area contributed by atoms with Crippen LogP contribution in [0.1, 0.15) is 77.5 Å². The summed E-state index contributed by atoms with van der Waals surface area (Å²) >= 11 is 0. The van der Waals surface area contributed by atoms with Crippen molar-refractivity contribution in [1.29, 1.82) is 0 Å². The van der Waals surface area contributed by atoms with Crippen LogP contribution in [-0.2, 0) is 5.41 Å². The zero-order chi connectivity index (χ0) is 14.8. The smallest absolute Gasteiger partial charge is 0.0294 e. The predicted molar refractivity (Wildman–Crippen MR) is 88.1 cm³/mol. The minimum absolute atomic E-state index is 0.243. The van der Waals surface area contributed by atoms with Gasteiger partial charge in [-0.2, -0.15) is 0 Å². The number of benzene rings is 1. The van der Waals surface area contributed by atoms with E-state index in [9.17, 15) is 0 Å². The van der Waals surface area contributed by atoms with Crippen LogP contribution >= 0.6 is 0 Å². The molecule has 0 aliphatic heterocycles. The Bertz CT molecular complexity index is 408. The number of hydrogen-bond acceptors (Lipinski definition) is 1. The lowest BCUT2D eigenvalue weighted by Crippen LogP contribution is -2.32. The van der Waals surface area contributed by atoms with Gasteiger partial charge in [0.25, 0.3) is 0 Å². The Kier molecular flexibility index (Phi) is 4.90. The summed E-state index contributed by atoms with van der Waals surface area (Å²) in [6.45, 7) is 11.4. The molecule has 2 rings (SSSR count). The van der Waals surface area contributed by atoms with E-state index < -0.39 is 0 Å². The van der Waals surface area contributed by atoms with Crippen molar-refractivity contribution in [3.63, 3.8) is 0 Å². The zero-order valence-corrected chi connectivity index (χ0v) is 13.9. The first kappa shape index (κ1) is 15.6. The van der Waals surface area contributed by atoms with Crippen LogP contribution < -0.4 is 5.32 Å². The van der Waals surface area contributed by atoms with E-state index in [4.69, 9.17) is 0 Å². The van der Waals surface area contributed by atoms with Crippen molar-refractivity contribution in [2.75, 3.05) is 0 Å². The van der Waals surface area contributed by atoms with Crippen molar-refractivity contribution in [3.8, 4) is 0 Å². The molecule has 112 valence electrons. The Morgan fingerprint density at radius 2 is 1.70 bits per heavy atom. The van der Waals surface area contributed by atoms with Crippen LogP contribution in [0.2, 0.25) is 0 Å². The molecular formula is C19H31N. The third kappa shape index (κ3) is 4.09. The van der Waals surface area contributed by atoms with Crippen LogP contribution in [0.3, 0.4) is 0 Å². The molecule has 1 nitrogen and oxygen atoms in total. The molecule has 0 amide bonds. The minimum Gasteiger partial charge on any atom is -0.308 e. The maximum Gasteiger partial charge on any atom is 0.0294 e. The van der Waals surface area contributed by atoms with Crippen molar-refractivity contribution in [1.82, 2.24) is 5.32 Å². The van der Waals surface area contributed by atoms with Gasteiger partial charge in [-0.25, -0.2) is 0 Å². The molecule has 1 aromatic rings. The molecule has 1 aliphatic carbocycles. The predicted octanol–water partition coefficient (Wildman–Crippen LogP) is 5.21. The topological polar surface area (TPSA) is 12.0 Å². The molecule has 0 spiro atoms. The number of rotatable bonds is 5. The summed E-state index contributed by atoms with van der Waals surface area (Å²) in [5, 5.41) is 3.75. The minimum atomic E-state index is 0.243. The van der Waals surface area contributed by atoms with Crippen LogP contribution in [0.25, 0.3) is 0 Å². The Morgan fingerprint density at radius 3 is 2.15 bits per heavy atom. The van der Waals surface area contributed by atoms with E-state index in [1.54, 1.807) is 0 Å². The molecule has 2 unspecified atom stereocenters. The largest absolute Gasteiger partial charge is 0.308 e. The molecule has 1 aliphatic rings. The lowest BCUT2D eigenvalue weighted by Gasteiger charge is -2.30. The lowest BCUT2D eigenvalue weighted by molar-refractivity contribution is 0.259. The standard InChI is InChI=1S/C19H31N/c1-14(13-16-7-6-8-16)20-15(2)17-9-11-18(12-10-17)19(3,4)5/h9-12,14-16,20H,6-8,13H2,1-5H3. The van der Waals surface area contributed by atoms with Crippen molar-refractivity contribution in [2.45, 2.75) is 77.8 Å². The molecular weight excluding hydrogens is 242 g/mol. The first-order valence-corrected chi connectivity index (χ1v) is 8.23. The number of nitrogens with one attached hydrogen (secondary N) is 1. The summed E-state index contributed by atoms with van der Waals surface area (Å²) in [5.41, 5.74) is 3.06. The van der Waals surface area contributed by atoms with Gasteiger partial charge in [0.15, 0.2) is 0 Å². The van der Waals surface area contributed by atoms with Gasteiger partial charge >= 0.3 is 0 Å². The fourth-order valence-corrected chi connectivity index (χ4v) is 3.09. The highest BCUT2D eigenvalue weighted by Gasteiger charge is 2.21. The molecule has 2 atom stereocenters. The third-order valence-corrected chi connectivity index (χ3v) is 4.72. The molecule has 1 heteroatoms. The van der Waals surface area contributed by atoms with Crippen LogP contribution in [-0.4, -0.2) is 6.04 Å². The van der Waals surface area contributed by atoms with Gasteiger partial charge in [-0.3, -0.25) is 0 Å². The van der Waals surface area contributed by atoms with E-state index in [1.807, 2.05) is 0 Å². The summed E-state index contributed by atoms with van der Waals surface area (Å²) in [5.74, 6) is 0.980. The van der Waals surface area contributed by atoms with E-state index >= 15 is 0 Å². The molecule has 1 saturated carbocycles. The molecule has 0 saturated heterocycles. The summed E-state index contributed by atoms with van der Waals surface area (Å²) in [6.07, 6.45) is 5.67. The molecule has 20 heavy (non-hydrogen) atoms. The highest BCUT2D eigenvalue weighted by atomic mass is 14.9. The molecule has 1 aromatic carbocycles. The number of hydrogen-bond donors (Lipinski definition) is 1. The Morgan fingerprint density at radius 1 is 1.10 bits per heavy atom. The first-order valence-electron chi connectivity index (χ1n) is 8.23. The Labute approximate surface area is 125 Å². The van der Waals surface area contributed by atoms with Gasteiger partial charge in [-0.15, -0.1) is 0 Å². The van der Waals surface area contributed by atoms with Gasteiger partial charge in [0.1, 0.15) is 0 Å². The molecule has 0 heterocycles. The highest BCUT2D eigenvalue weighted by Crippen LogP contribution is 2.31. The average Bonchev–Trinajstić information content (AvgIpc) is 2.33. The zero-order valence-electron chi connectivity index (χ0n) is 13.9. The molecule has 1 fully saturated rings. The summed E-state index contributed by atoms with van der Waals surface area (Å²) < 4.78 is 0. The maximum atomic E-state index is 3.75. The van der Waals surface area contributed by atoms with Gasteiger partial charge in [-0.1, -0.05) is 64.3 Å². The van der Waals surface area contributed by atoms with Crippen molar-refractivity contribution < 1.29 is 0 Å². The third-order valence-electron chi connectivity index (χ3n) is 4.72. The normalized spacial score (nSPS) is 19.4. The van der Waals surface area contributed by atoms with Crippen LogP contribution in [0.4, 0.5) is 0 Å². The quantitative estimate of drug-likeness (QED) is 0.776. The van der Waals surface area contributed by atoms with Crippen molar-refractivity contribution in [3.05, 3.63) is 35.4 Å². The fraction of sp³-hybridized carbons (Fsp3) is 0.684. The van der Waals surface area contributed by atoms with Crippen LogP contribution in [0, 0.1) is 5.92 Å². The van der Waals surface area contributed by atoms with E-state index in [2.05, 4.69) is 64.2 Å². The van der Waals surface area contributed by atoms with Gasteiger partial charge < -0.3 is 5.32 Å². The summed E-state index contributed by atoms with van der Waals surface area (Å²) in [7, 11) is 0. The van der Waals surface area contributed by atoms with Crippen LogP contribution in [0.5, 0.6) is 0 Å². The fourth-order valence-electron chi connectivity index (χ4n) is 3.09. The molecule has 1 N–H and O–H groups in total. The average molecular weight is 273 g/mol. The van der Waals surface area contributed by atoms with Crippen molar-refractivity contribution in [2.24, 2.45) is 5.92 Å². The summed E-state index contributed by atoms with van der Waals surface area (Å²) in [4.78, 5) is 0. The van der Waals surface area contributed by atoms with Crippen molar-refractivity contribution >= 4 is 0 Å². The van der Waals surface area contributed by atoms with Gasteiger partial charge in [0.05, 0.1) is 0 Å². The molecule has 0 aromatic heterocycles. The van der Waals surface area contributed by atoms with Gasteiger partial charge in [-0.05, 0) is 42.7 Å². The first-order chi connectivity index (χ1) is 9.36. The molecule has 0 bridgehead atoms. The SMILES string of the molecule is CC(CC1CCC1)NC(C)c1ccc(C(C)(C)C)cc1. The second-order valence-corrected chi connectivity index (χ2v) is 7.69. The van der Waals surface area contributed by atoms with Crippen LogP contribution in [0.15, 0.2) is 24.3 Å². The van der Waals surface area contributed by atoms with E-state index in [0.717, 1.165) is 5.92 Å². The van der Waals surface area contributed by atoms with Gasteiger partial charge in [0, 0.05) is 12.1 Å². The second kappa shape index (κ2) is 6.30. The van der Waals surface area contributed by atoms with E-state index in [0.29, 0.717) is 12.1 Å². The molecule has 0 radical (unpaired) electrons. The highest BCUT2D eigenvalue weighted by molar-refractivity contribution is 5.29. The van der Waals surface area contributed by atoms with E-state index in [-0.39, 0.29) is 5.41 Å². The maximum absolute atomic E-state index is 3.75. The Balaban J connectivity index is 1.89. The second-order valence-electron chi connectivity index (χ2n) is 7.69. The van der Waals surface area contributed by atoms with Gasteiger partial charge in [0.2, 0.25) is 0 Å². The Hall–Kier alpha value is -0.820. The lowest BCUT2D eigenvalue weighted by atomic mass is 9.81.